The van der Waals surface area contributed by atoms with Gasteiger partial charge in [0.05, 0.1) is 28.7 Å². The van der Waals surface area contributed by atoms with E-state index in [9.17, 15) is 31.2 Å². The van der Waals surface area contributed by atoms with Crippen LogP contribution in [0, 0.1) is 24.1 Å². The van der Waals surface area contributed by atoms with Gasteiger partial charge in [-0.15, -0.1) is 0 Å². The van der Waals surface area contributed by atoms with E-state index in [2.05, 4.69) is 15.0 Å². The smallest absolute Gasteiger partial charge is 0.290 e. The molecule has 3 heterocycles. The minimum Gasteiger partial charge on any atom is -0.290 e. The molecule has 8 nitrogen and oxygen atoms in total. The molecule has 0 saturated heterocycles. The van der Waals surface area contributed by atoms with Gasteiger partial charge < -0.3 is 0 Å². The van der Waals surface area contributed by atoms with Crippen molar-refractivity contribution in [1.82, 2.24) is 24.2 Å². The topological polar surface area (TPSA) is 114 Å². The van der Waals surface area contributed by atoms with Gasteiger partial charge in [0.2, 0.25) is 10.0 Å². The lowest BCUT2D eigenvalue weighted by atomic mass is 10.1. The standard InChI is InChI=1S/C22H16F4N6O2S/c1-12-7-19-15(8-17(12)23)16(9-27)21(32(19)20-11-28-5-6-29-20)18-4-3-14(10-30-18)35(33,34)31-13(2)22(24,25)26/h3-8,10-11,13,31H,1-2H3. The predicted molar refractivity (Wildman–Crippen MR) is 117 cm³/mol. The molecule has 13 heteroatoms. The third kappa shape index (κ3) is 4.45. The molecule has 4 rings (SSSR count). The third-order valence-corrected chi connectivity index (χ3v) is 6.78. The Morgan fingerprint density at radius 3 is 2.46 bits per heavy atom. The molecule has 0 saturated carbocycles. The van der Waals surface area contributed by atoms with Crippen molar-refractivity contribution < 1.29 is 26.0 Å². The zero-order valence-electron chi connectivity index (χ0n) is 18.2. The molecule has 1 unspecified atom stereocenters. The second-order valence-corrected chi connectivity index (χ2v) is 9.33. The molecule has 0 spiro atoms. The van der Waals surface area contributed by atoms with Gasteiger partial charge in [0, 0.05) is 24.0 Å². The van der Waals surface area contributed by atoms with Crippen LogP contribution in [0.2, 0.25) is 0 Å². The quantitative estimate of drug-likeness (QED) is 0.411. The van der Waals surface area contributed by atoms with Crippen LogP contribution in [0.25, 0.3) is 28.1 Å². The van der Waals surface area contributed by atoms with Crippen molar-refractivity contribution in [1.29, 1.82) is 5.26 Å². The van der Waals surface area contributed by atoms with Crippen molar-refractivity contribution in [3.63, 3.8) is 0 Å². The number of sulfonamides is 1. The van der Waals surface area contributed by atoms with Gasteiger partial charge in [0.25, 0.3) is 0 Å². The SMILES string of the molecule is Cc1cc2c(cc1F)c(C#N)c(-c1ccc(S(=O)(=O)NC(C)C(F)(F)F)cn1)n2-c1cnccn1. The third-order valence-electron chi connectivity index (χ3n) is 5.25. The summed E-state index contributed by atoms with van der Waals surface area (Å²) in [5, 5.41) is 10.2. The molecule has 0 aliphatic heterocycles. The maximum Gasteiger partial charge on any atom is 0.404 e. The molecule has 3 aromatic heterocycles. The number of rotatable bonds is 5. The van der Waals surface area contributed by atoms with Gasteiger partial charge in [-0.25, -0.2) is 17.8 Å². The summed E-state index contributed by atoms with van der Waals surface area (Å²) in [5.74, 6) is -0.240. The molecule has 0 bridgehead atoms. The number of hydrogen-bond donors (Lipinski definition) is 1. The zero-order chi connectivity index (χ0) is 25.5. The number of pyridine rings is 1. The number of aryl methyl sites for hydroxylation is 1. The molecule has 0 aliphatic carbocycles. The van der Waals surface area contributed by atoms with Gasteiger partial charge in [-0.2, -0.15) is 23.2 Å². The lowest BCUT2D eigenvalue weighted by Gasteiger charge is -2.17. The highest BCUT2D eigenvalue weighted by Crippen LogP contribution is 2.36. The fourth-order valence-electron chi connectivity index (χ4n) is 3.46. The molecule has 180 valence electrons. The van der Waals surface area contributed by atoms with Gasteiger partial charge in [-0.05, 0) is 43.7 Å². The number of alkyl halides is 3. The van der Waals surface area contributed by atoms with Crippen LogP contribution in [0.4, 0.5) is 17.6 Å². The lowest BCUT2D eigenvalue weighted by molar-refractivity contribution is -0.147. The van der Waals surface area contributed by atoms with Gasteiger partial charge in [0.1, 0.15) is 22.8 Å². The number of nitrogens with one attached hydrogen (secondary N) is 1. The summed E-state index contributed by atoms with van der Waals surface area (Å²) in [6.45, 7) is 2.24. The fourth-order valence-corrected chi connectivity index (χ4v) is 4.63. The Balaban J connectivity index is 1.90. The van der Waals surface area contributed by atoms with Gasteiger partial charge in [0.15, 0.2) is 5.82 Å². The second kappa shape index (κ2) is 8.71. The van der Waals surface area contributed by atoms with E-state index in [1.807, 2.05) is 6.07 Å². The summed E-state index contributed by atoms with van der Waals surface area (Å²) in [4.78, 5) is 11.9. The number of aromatic nitrogens is 4. The van der Waals surface area contributed by atoms with Gasteiger partial charge in [-0.1, -0.05) is 0 Å². The first-order chi connectivity index (χ1) is 16.4. The summed E-state index contributed by atoms with van der Waals surface area (Å²) in [5.41, 5.74) is 1.11. The maximum atomic E-state index is 14.4. The van der Waals surface area contributed by atoms with Crippen molar-refractivity contribution in [2.45, 2.75) is 31.0 Å². The van der Waals surface area contributed by atoms with Crippen molar-refractivity contribution in [2.24, 2.45) is 0 Å². The van der Waals surface area contributed by atoms with Crippen LogP contribution in [-0.2, 0) is 10.0 Å². The molecule has 1 N–H and O–H groups in total. The van der Waals surface area contributed by atoms with Crippen LogP contribution in [0.15, 0.2) is 53.9 Å². The Bertz CT molecular complexity index is 1560. The maximum absolute atomic E-state index is 14.4. The minimum absolute atomic E-state index is 0.0523. The van der Waals surface area contributed by atoms with Crippen molar-refractivity contribution in [3.05, 3.63) is 66.0 Å². The molecule has 1 aromatic carbocycles. The molecule has 0 radical (unpaired) electrons. The lowest BCUT2D eigenvalue weighted by Crippen LogP contribution is -2.42. The van der Waals surface area contributed by atoms with E-state index in [-0.39, 0.29) is 22.3 Å². The summed E-state index contributed by atoms with van der Waals surface area (Å²) in [7, 11) is -4.53. The van der Waals surface area contributed by atoms with Gasteiger partial charge >= 0.3 is 6.18 Å². The Labute approximate surface area is 196 Å². The minimum atomic E-state index is -4.77. The summed E-state index contributed by atoms with van der Waals surface area (Å²) >= 11 is 0. The summed E-state index contributed by atoms with van der Waals surface area (Å²) < 4.78 is 80.7. The number of benzene rings is 1. The highest BCUT2D eigenvalue weighted by molar-refractivity contribution is 7.89. The van der Waals surface area contributed by atoms with E-state index < -0.39 is 33.0 Å². The van der Waals surface area contributed by atoms with E-state index in [0.29, 0.717) is 23.8 Å². The predicted octanol–water partition coefficient (Wildman–Crippen LogP) is 4.03. The highest BCUT2D eigenvalue weighted by atomic mass is 32.2. The summed E-state index contributed by atoms with van der Waals surface area (Å²) in [6.07, 6.45) is 0.394. The highest BCUT2D eigenvalue weighted by Gasteiger charge is 2.39. The average Bonchev–Trinajstić information content (AvgIpc) is 3.12. The zero-order valence-corrected chi connectivity index (χ0v) is 19.0. The fraction of sp³-hybridized carbons (Fsp3) is 0.182. The Kier molecular flexibility index (Phi) is 6.04. The largest absolute Gasteiger partial charge is 0.404 e. The summed E-state index contributed by atoms with van der Waals surface area (Å²) in [6, 6.07) is 4.78. The monoisotopic (exact) mass is 504 g/mol. The molecule has 35 heavy (non-hydrogen) atoms. The van der Waals surface area contributed by atoms with Crippen molar-refractivity contribution in [2.75, 3.05) is 0 Å². The number of nitriles is 1. The number of nitrogens with zero attached hydrogens (tertiary/aromatic N) is 5. The first-order valence-corrected chi connectivity index (χ1v) is 11.5. The van der Waals surface area contributed by atoms with Gasteiger partial charge in [-0.3, -0.25) is 14.5 Å². The second-order valence-electron chi connectivity index (χ2n) is 7.62. The number of halogens is 4. The Morgan fingerprint density at radius 1 is 1.14 bits per heavy atom. The molecular formula is C22H16F4N6O2S. The normalized spacial score (nSPS) is 13.1. The first kappa shape index (κ1) is 24.2. The molecule has 0 amide bonds. The number of fused-ring (bicyclic) bond motifs is 1. The van der Waals surface area contributed by atoms with Crippen LogP contribution in [0.5, 0.6) is 0 Å². The van der Waals surface area contributed by atoms with Crippen molar-refractivity contribution >= 4 is 20.9 Å². The first-order valence-electron chi connectivity index (χ1n) is 10.0. The number of hydrogen-bond acceptors (Lipinski definition) is 6. The molecule has 0 aliphatic rings. The Hall–Kier alpha value is -3.89. The average molecular weight is 504 g/mol. The van der Waals surface area contributed by atoms with Crippen LogP contribution < -0.4 is 4.72 Å². The van der Waals surface area contributed by atoms with Crippen LogP contribution in [-0.4, -0.2) is 40.2 Å². The molecule has 4 aromatic rings. The van der Waals surface area contributed by atoms with E-state index in [1.165, 1.54) is 41.4 Å². The van der Waals surface area contributed by atoms with E-state index in [1.54, 1.807) is 11.6 Å². The molecule has 1 atom stereocenters. The van der Waals surface area contributed by atoms with E-state index in [4.69, 9.17) is 0 Å². The van der Waals surface area contributed by atoms with E-state index >= 15 is 0 Å². The van der Waals surface area contributed by atoms with Crippen LogP contribution in [0.3, 0.4) is 0 Å². The van der Waals surface area contributed by atoms with Crippen molar-refractivity contribution in [3.8, 4) is 23.3 Å². The van der Waals surface area contributed by atoms with Crippen LogP contribution >= 0.6 is 0 Å². The molecule has 0 fully saturated rings. The van der Waals surface area contributed by atoms with E-state index in [0.717, 1.165) is 12.3 Å². The Morgan fingerprint density at radius 2 is 1.89 bits per heavy atom. The van der Waals surface area contributed by atoms with Crippen LogP contribution in [0.1, 0.15) is 18.1 Å². The molecular weight excluding hydrogens is 488 g/mol.